The van der Waals surface area contributed by atoms with Gasteiger partial charge >= 0.3 is 0 Å². The quantitative estimate of drug-likeness (QED) is 0.586. The Kier molecular flexibility index (Phi) is 3.04. The highest BCUT2D eigenvalue weighted by Crippen LogP contribution is 2.49. The number of hydrogen-bond acceptors (Lipinski definition) is 0. The van der Waals surface area contributed by atoms with Crippen LogP contribution in [0.1, 0.15) is 47.0 Å². The van der Waals surface area contributed by atoms with Gasteiger partial charge < -0.3 is 0 Å². The molecule has 2 aliphatic carbocycles. The minimum Gasteiger partial charge on any atom is -0.0807 e. The molecule has 0 unspecified atom stereocenters. The lowest BCUT2D eigenvalue weighted by atomic mass is 9.72. The highest BCUT2D eigenvalue weighted by molar-refractivity contribution is 5.29. The van der Waals surface area contributed by atoms with Crippen LogP contribution in [0.3, 0.4) is 0 Å². The molecule has 0 aromatic rings. The van der Waals surface area contributed by atoms with Gasteiger partial charge in [0.1, 0.15) is 0 Å². The number of hydrogen-bond donors (Lipinski definition) is 0. The van der Waals surface area contributed by atoms with Crippen molar-refractivity contribution in [2.24, 2.45) is 23.7 Å². The zero-order chi connectivity index (χ0) is 11.0. The van der Waals surface area contributed by atoms with Crippen LogP contribution in [0, 0.1) is 23.7 Å². The van der Waals surface area contributed by atoms with Gasteiger partial charge in [0.15, 0.2) is 0 Å². The summed E-state index contributed by atoms with van der Waals surface area (Å²) in [4.78, 5) is 0. The molecule has 0 bridgehead atoms. The molecule has 0 N–H and O–H groups in total. The maximum atomic E-state index is 2.50. The Bertz CT molecular complexity index is 291. The molecule has 2 rings (SSSR count). The van der Waals surface area contributed by atoms with E-state index in [-0.39, 0.29) is 0 Å². The van der Waals surface area contributed by atoms with E-state index < -0.39 is 0 Å². The Morgan fingerprint density at radius 3 is 2.60 bits per heavy atom. The maximum Gasteiger partial charge on any atom is -0.0108 e. The Morgan fingerprint density at radius 1 is 1.20 bits per heavy atom. The van der Waals surface area contributed by atoms with E-state index in [1.165, 1.54) is 24.8 Å². The summed E-state index contributed by atoms with van der Waals surface area (Å²) >= 11 is 0. The molecule has 0 nitrogen and oxygen atoms in total. The van der Waals surface area contributed by atoms with Crippen LogP contribution in [0.5, 0.6) is 0 Å². The SMILES string of the molecule is CC(C)=CC1=CC[C@H](C)[C@@H]2CC[C@H](C)[C@H]12. The summed E-state index contributed by atoms with van der Waals surface area (Å²) in [6.07, 6.45) is 9.12. The summed E-state index contributed by atoms with van der Waals surface area (Å²) in [5.41, 5.74) is 3.09. The Morgan fingerprint density at radius 2 is 1.93 bits per heavy atom. The fourth-order valence-corrected chi connectivity index (χ4v) is 3.57. The summed E-state index contributed by atoms with van der Waals surface area (Å²) in [6.45, 7) is 9.31. The van der Waals surface area contributed by atoms with E-state index >= 15 is 0 Å². The van der Waals surface area contributed by atoms with Gasteiger partial charge in [0, 0.05) is 0 Å². The van der Waals surface area contributed by atoms with Gasteiger partial charge in [-0.1, -0.05) is 31.6 Å². The average Bonchev–Trinajstić information content (AvgIpc) is 2.54. The molecular formula is C15H24. The van der Waals surface area contributed by atoms with Crippen LogP contribution in [0.25, 0.3) is 0 Å². The molecule has 0 amide bonds. The lowest BCUT2D eigenvalue weighted by Gasteiger charge is -2.33. The van der Waals surface area contributed by atoms with Crippen molar-refractivity contribution in [3.05, 3.63) is 23.3 Å². The van der Waals surface area contributed by atoms with E-state index in [1.807, 2.05) is 0 Å². The summed E-state index contributed by atoms with van der Waals surface area (Å²) in [6, 6.07) is 0. The molecule has 1 fully saturated rings. The number of fused-ring (bicyclic) bond motifs is 1. The molecule has 0 spiro atoms. The average molecular weight is 204 g/mol. The first-order valence-corrected chi connectivity index (χ1v) is 6.44. The van der Waals surface area contributed by atoms with Crippen LogP contribution in [-0.4, -0.2) is 0 Å². The highest BCUT2D eigenvalue weighted by Gasteiger charge is 2.39. The van der Waals surface area contributed by atoms with Gasteiger partial charge in [0.05, 0.1) is 0 Å². The van der Waals surface area contributed by atoms with E-state index in [0.717, 1.165) is 23.7 Å². The minimum atomic E-state index is 0.864. The first-order valence-electron chi connectivity index (χ1n) is 6.44. The monoisotopic (exact) mass is 204 g/mol. The zero-order valence-corrected chi connectivity index (χ0v) is 10.6. The molecule has 0 heterocycles. The maximum absolute atomic E-state index is 2.50. The third-order valence-electron chi connectivity index (χ3n) is 4.33. The second-order valence-electron chi connectivity index (χ2n) is 5.88. The van der Waals surface area contributed by atoms with Crippen molar-refractivity contribution in [1.29, 1.82) is 0 Å². The van der Waals surface area contributed by atoms with Crippen LogP contribution in [0.2, 0.25) is 0 Å². The molecule has 0 aromatic heterocycles. The fourth-order valence-electron chi connectivity index (χ4n) is 3.57. The standard InChI is InChI=1S/C15H24/c1-10(2)9-13-7-5-11(3)14-8-6-12(4)15(13)14/h7,9,11-12,14-15H,5-6,8H2,1-4H3/t11-,12-,14-,15+/m0/s1. The molecular weight excluding hydrogens is 180 g/mol. The van der Waals surface area contributed by atoms with Crippen molar-refractivity contribution >= 4 is 0 Å². The van der Waals surface area contributed by atoms with E-state index in [1.54, 1.807) is 5.57 Å². The lowest BCUT2D eigenvalue weighted by Crippen LogP contribution is -2.24. The third-order valence-corrected chi connectivity index (χ3v) is 4.33. The molecule has 2 aliphatic rings. The lowest BCUT2D eigenvalue weighted by molar-refractivity contribution is 0.268. The topological polar surface area (TPSA) is 0 Å². The molecule has 0 saturated heterocycles. The Labute approximate surface area is 94.5 Å². The van der Waals surface area contributed by atoms with Crippen molar-refractivity contribution in [3.8, 4) is 0 Å². The minimum absolute atomic E-state index is 0.864. The molecule has 0 heteroatoms. The van der Waals surface area contributed by atoms with Gasteiger partial charge in [-0.25, -0.2) is 0 Å². The summed E-state index contributed by atoms with van der Waals surface area (Å²) in [5, 5.41) is 0. The van der Waals surface area contributed by atoms with E-state index in [9.17, 15) is 0 Å². The Balaban J connectivity index is 2.27. The summed E-state index contributed by atoms with van der Waals surface area (Å²) in [7, 11) is 0. The largest absolute Gasteiger partial charge is 0.0807 e. The molecule has 84 valence electrons. The second kappa shape index (κ2) is 4.15. The molecule has 15 heavy (non-hydrogen) atoms. The van der Waals surface area contributed by atoms with Gasteiger partial charge in [-0.3, -0.25) is 0 Å². The number of allylic oxidation sites excluding steroid dienone is 4. The van der Waals surface area contributed by atoms with Crippen molar-refractivity contribution in [1.82, 2.24) is 0 Å². The molecule has 0 aliphatic heterocycles. The molecule has 1 saturated carbocycles. The van der Waals surface area contributed by atoms with Gasteiger partial charge in [0.25, 0.3) is 0 Å². The third kappa shape index (κ3) is 2.04. The fraction of sp³-hybridized carbons (Fsp3) is 0.733. The predicted octanol–water partition coefficient (Wildman–Crippen LogP) is 4.58. The van der Waals surface area contributed by atoms with Crippen LogP contribution in [-0.2, 0) is 0 Å². The van der Waals surface area contributed by atoms with Crippen LogP contribution >= 0.6 is 0 Å². The van der Waals surface area contributed by atoms with E-state index in [2.05, 4.69) is 39.8 Å². The van der Waals surface area contributed by atoms with Crippen LogP contribution in [0.15, 0.2) is 23.3 Å². The van der Waals surface area contributed by atoms with Crippen LogP contribution in [0.4, 0.5) is 0 Å². The molecule has 0 radical (unpaired) electrons. The predicted molar refractivity (Wildman–Crippen MR) is 66.7 cm³/mol. The van der Waals surface area contributed by atoms with Gasteiger partial charge in [0.2, 0.25) is 0 Å². The Hall–Kier alpha value is -0.520. The van der Waals surface area contributed by atoms with Gasteiger partial charge in [-0.15, -0.1) is 0 Å². The van der Waals surface area contributed by atoms with Crippen molar-refractivity contribution in [3.63, 3.8) is 0 Å². The van der Waals surface area contributed by atoms with Gasteiger partial charge in [-0.05, 0) is 62.4 Å². The van der Waals surface area contributed by atoms with E-state index in [4.69, 9.17) is 0 Å². The molecule has 4 atom stereocenters. The summed E-state index contributed by atoms with van der Waals surface area (Å²) in [5.74, 6) is 3.65. The normalized spacial score (nSPS) is 39.6. The van der Waals surface area contributed by atoms with Gasteiger partial charge in [-0.2, -0.15) is 0 Å². The smallest absolute Gasteiger partial charge is 0.0108 e. The molecule has 0 aromatic carbocycles. The second-order valence-corrected chi connectivity index (χ2v) is 5.88. The zero-order valence-electron chi connectivity index (χ0n) is 10.6. The first kappa shape index (κ1) is 11.0. The van der Waals surface area contributed by atoms with Crippen LogP contribution < -0.4 is 0 Å². The first-order chi connectivity index (χ1) is 7.09. The number of rotatable bonds is 1. The van der Waals surface area contributed by atoms with E-state index in [0.29, 0.717) is 0 Å². The van der Waals surface area contributed by atoms with Crippen molar-refractivity contribution in [2.75, 3.05) is 0 Å². The highest BCUT2D eigenvalue weighted by atomic mass is 14.4. The summed E-state index contributed by atoms with van der Waals surface area (Å²) < 4.78 is 0. The van der Waals surface area contributed by atoms with Crippen molar-refractivity contribution in [2.45, 2.75) is 47.0 Å². The van der Waals surface area contributed by atoms with Crippen molar-refractivity contribution < 1.29 is 0 Å².